The standard InChI is InChI=1S/C20H10Cl2O3S2/c21-13-5-11-15(7-17(13)26)24-16-8-18(27)14(22)6-12(16)20(11)10-4-2-1-3-9(10)19(23)25-20/h1-8,26-27H. The zero-order chi connectivity index (χ0) is 18.9. The van der Waals surface area contributed by atoms with E-state index in [1.54, 1.807) is 36.4 Å². The lowest BCUT2D eigenvalue weighted by atomic mass is 9.78. The van der Waals surface area contributed by atoms with Crippen LogP contribution in [0.5, 0.6) is 11.5 Å². The smallest absolute Gasteiger partial charge is 0.340 e. The highest BCUT2D eigenvalue weighted by Gasteiger charge is 2.53. The van der Waals surface area contributed by atoms with E-state index in [-0.39, 0.29) is 0 Å². The SMILES string of the molecule is O=C1OC2(c3cc(Cl)c(S)cc3Oc3cc(S)c(Cl)cc32)c2ccccc21. The highest BCUT2D eigenvalue weighted by molar-refractivity contribution is 7.80. The van der Waals surface area contributed by atoms with E-state index in [2.05, 4.69) is 25.3 Å². The molecule has 2 heterocycles. The van der Waals surface area contributed by atoms with Crippen LogP contribution in [0.1, 0.15) is 27.0 Å². The van der Waals surface area contributed by atoms with Gasteiger partial charge in [0.1, 0.15) is 11.5 Å². The lowest BCUT2D eigenvalue weighted by Crippen LogP contribution is -2.33. The van der Waals surface area contributed by atoms with Crippen molar-refractivity contribution in [1.82, 2.24) is 0 Å². The van der Waals surface area contributed by atoms with Crippen LogP contribution in [0.2, 0.25) is 10.0 Å². The zero-order valence-corrected chi connectivity index (χ0v) is 16.8. The summed E-state index contributed by atoms with van der Waals surface area (Å²) in [5.74, 6) is 0.606. The number of fused-ring (bicyclic) bond motifs is 6. The van der Waals surface area contributed by atoms with Gasteiger partial charge in [-0.15, -0.1) is 25.3 Å². The van der Waals surface area contributed by atoms with Crippen LogP contribution in [0.4, 0.5) is 0 Å². The van der Waals surface area contributed by atoms with Crippen LogP contribution in [0.3, 0.4) is 0 Å². The number of thiol groups is 2. The van der Waals surface area contributed by atoms with E-state index in [9.17, 15) is 4.79 Å². The Bertz CT molecular complexity index is 1100. The molecule has 0 bridgehead atoms. The van der Waals surface area contributed by atoms with Gasteiger partial charge < -0.3 is 9.47 Å². The van der Waals surface area contributed by atoms with E-state index < -0.39 is 11.6 Å². The molecule has 0 amide bonds. The molecule has 0 aromatic heterocycles. The van der Waals surface area contributed by atoms with Crippen LogP contribution in [-0.4, -0.2) is 5.97 Å². The fourth-order valence-corrected chi connectivity index (χ4v) is 4.38. The number of carbonyl (C=O) groups excluding carboxylic acids is 1. The summed E-state index contributed by atoms with van der Waals surface area (Å²) >= 11 is 21.5. The van der Waals surface area contributed by atoms with Crippen LogP contribution in [-0.2, 0) is 10.3 Å². The number of ether oxygens (including phenoxy) is 2. The van der Waals surface area contributed by atoms with Crippen molar-refractivity contribution in [2.24, 2.45) is 0 Å². The fraction of sp³-hybridized carbons (Fsp3) is 0.0500. The molecule has 134 valence electrons. The predicted octanol–water partition coefficient (Wildman–Crippen LogP) is 6.14. The van der Waals surface area contributed by atoms with Crippen molar-refractivity contribution < 1.29 is 14.3 Å². The summed E-state index contributed by atoms with van der Waals surface area (Å²) in [6.07, 6.45) is 0. The Balaban J connectivity index is 1.94. The summed E-state index contributed by atoms with van der Waals surface area (Å²) in [6, 6.07) is 14.1. The summed E-state index contributed by atoms with van der Waals surface area (Å²) in [7, 11) is 0. The van der Waals surface area contributed by atoms with Gasteiger partial charge in [-0.2, -0.15) is 0 Å². The van der Waals surface area contributed by atoms with Gasteiger partial charge in [0.2, 0.25) is 0 Å². The highest BCUT2D eigenvalue weighted by atomic mass is 35.5. The molecule has 2 aliphatic heterocycles. The third-order valence-electron chi connectivity index (χ3n) is 4.85. The van der Waals surface area contributed by atoms with Crippen molar-refractivity contribution in [2.75, 3.05) is 0 Å². The molecular weight excluding hydrogens is 423 g/mol. The molecule has 2 aliphatic rings. The first-order valence-corrected chi connectivity index (χ1v) is 9.63. The van der Waals surface area contributed by atoms with Crippen molar-refractivity contribution in [2.45, 2.75) is 15.4 Å². The predicted molar refractivity (Wildman–Crippen MR) is 109 cm³/mol. The number of hydrogen-bond donors (Lipinski definition) is 2. The number of halogens is 2. The summed E-state index contributed by atoms with van der Waals surface area (Å²) in [4.78, 5) is 13.8. The summed E-state index contributed by atoms with van der Waals surface area (Å²) in [5.41, 5.74) is 1.26. The molecule has 0 N–H and O–H groups in total. The zero-order valence-electron chi connectivity index (χ0n) is 13.5. The molecule has 3 aromatic carbocycles. The largest absolute Gasteiger partial charge is 0.456 e. The number of esters is 1. The second-order valence-electron chi connectivity index (χ2n) is 6.32. The van der Waals surface area contributed by atoms with Gasteiger partial charge in [-0.1, -0.05) is 41.4 Å². The first-order chi connectivity index (χ1) is 12.9. The van der Waals surface area contributed by atoms with Crippen LogP contribution >= 0.6 is 48.5 Å². The molecule has 0 aliphatic carbocycles. The molecule has 3 aromatic rings. The van der Waals surface area contributed by atoms with Crippen molar-refractivity contribution in [3.8, 4) is 11.5 Å². The average molecular weight is 433 g/mol. The van der Waals surface area contributed by atoms with Crippen LogP contribution < -0.4 is 4.74 Å². The Morgan fingerprint density at radius 3 is 1.96 bits per heavy atom. The van der Waals surface area contributed by atoms with E-state index in [0.717, 1.165) is 0 Å². The number of rotatable bonds is 0. The topological polar surface area (TPSA) is 35.5 Å². The molecule has 0 unspecified atom stereocenters. The quantitative estimate of drug-likeness (QED) is 0.330. The Kier molecular flexibility index (Phi) is 3.75. The maximum absolute atomic E-state index is 12.7. The second kappa shape index (κ2) is 5.85. The summed E-state index contributed by atoms with van der Waals surface area (Å²) in [5, 5.41) is 0.863. The second-order valence-corrected chi connectivity index (χ2v) is 8.10. The van der Waals surface area contributed by atoms with Gasteiger partial charge in [-0.25, -0.2) is 4.79 Å². The Morgan fingerprint density at radius 2 is 1.37 bits per heavy atom. The molecule has 0 saturated heterocycles. The lowest BCUT2D eigenvalue weighted by Gasteiger charge is -2.37. The van der Waals surface area contributed by atoms with Crippen molar-refractivity contribution in [1.29, 1.82) is 0 Å². The normalized spacial score (nSPS) is 15.6. The van der Waals surface area contributed by atoms with Crippen LogP contribution in [0.15, 0.2) is 58.3 Å². The first-order valence-electron chi connectivity index (χ1n) is 7.98. The van der Waals surface area contributed by atoms with Gasteiger partial charge >= 0.3 is 5.97 Å². The molecule has 0 saturated carbocycles. The third-order valence-corrected chi connectivity index (χ3v) is 6.48. The Hall–Kier alpha value is -1.79. The number of hydrogen-bond acceptors (Lipinski definition) is 5. The van der Waals surface area contributed by atoms with Gasteiger partial charge in [-0.05, 0) is 30.3 Å². The van der Waals surface area contributed by atoms with Gasteiger partial charge in [0.05, 0.1) is 15.6 Å². The maximum atomic E-state index is 12.7. The molecular formula is C20H10Cl2O3S2. The Morgan fingerprint density at radius 1 is 0.815 bits per heavy atom. The molecule has 0 fully saturated rings. The molecule has 0 atom stereocenters. The average Bonchev–Trinajstić information content (AvgIpc) is 2.93. The third kappa shape index (κ3) is 2.29. The van der Waals surface area contributed by atoms with Gasteiger partial charge in [0, 0.05) is 26.5 Å². The molecule has 27 heavy (non-hydrogen) atoms. The van der Waals surface area contributed by atoms with Crippen molar-refractivity contribution in [3.63, 3.8) is 0 Å². The van der Waals surface area contributed by atoms with Crippen LogP contribution in [0, 0.1) is 0 Å². The van der Waals surface area contributed by atoms with Crippen molar-refractivity contribution in [3.05, 3.63) is 80.8 Å². The maximum Gasteiger partial charge on any atom is 0.340 e. The van der Waals surface area contributed by atoms with Gasteiger partial charge in [0.25, 0.3) is 0 Å². The number of carbonyl (C=O) groups is 1. The molecule has 0 radical (unpaired) electrons. The minimum atomic E-state index is -1.20. The minimum absolute atomic E-state index is 0.415. The van der Waals surface area contributed by atoms with Crippen molar-refractivity contribution >= 4 is 54.4 Å². The van der Waals surface area contributed by atoms with E-state index in [0.29, 0.717) is 53.6 Å². The summed E-state index contributed by atoms with van der Waals surface area (Å²) < 4.78 is 12.1. The molecule has 7 heteroatoms. The number of benzene rings is 3. The van der Waals surface area contributed by atoms with Crippen LogP contribution in [0.25, 0.3) is 0 Å². The minimum Gasteiger partial charge on any atom is -0.456 e. The molecule has 3 nitrogen and oxygen atoms in total. The summed E-state index contributed by atoms with van der Waals surface area (Å²) in [6.45, 7) is 0. The first kappa shape index (κ1) is 17.3. The lowest BCUT2D eigenvalue weighted by molar-refractivity contribution is 0.0224. The van der Waals surface area contributed by atoms with Gasteiger partial charge in [-0.3, -0.25) is 0 Å². The fourth-order valence-electron chi connectivity index (χ4n) is 3.69. The van der Waals surface area contributed by atoms with E-state index in [1.807, 2.05) is 12.1 Å². The molecule has 1 spiro atoms. The molecule has 5 rings (SSSR count). The van der Waals surface area contributed by atoms with E-state index in [4.69, 9.17) is 32.7 Å². The highest BCUT2D eigenvalue weighted by Crippen LogP contribution is 2.57. The van der Waals surface area contributed by atoms with E-state index in [1.165, 1.54) is 0 Å². The Labute approximate surface area is 176 Å². The monoisotopic (exact) mass is 432 g/mol. The van der Waals surface area contributed by atoms with E-state index >= 15 is 0 Å². The van der Waals surface area contributed by atoms with Gasteiger partial charge in [0.15, 0.2) is 5.60 Å².